The largest absolute Gasteiger partial charge is 0.339 e. The van der Waals surface area contributed by atoms with E-state index in [-0.39, 0.29) is 30.3 Å². The Bertz CT molecular complexity index is 326. The molecule has 0 saturated carbocycles. The Balaban J connectivity index is 0.00000200. The minimum Gasteiger partial charge on any atom is -0.339 e. The first-order valence-corrected chi connectivity index (χ1v) is 7.24. The van der Waals surface area contributed by atoms with Crippen molar-refractivity contribution in [3.8, 4) is 0 Å². The molecule has 2 saturated heterocycles. The number of urea groups is 1. The summed E-state index contributed by atoms with van der Waals surface area (Å²) >= 11 is 0. The first kappa shape index (κ1) is 17.0. The molecule has 20 heavy (non-hydrogen) atoms. The third-order valence-corrected chi connectivity index (χ3v) is 3.89. The third kappa shape index (κ3) is 4.24. The molecule has 0 radical (unpaired) electrons. The molecule has 0 aliphatic carbocycles. The standard InChI is InChI=1S/C13H24N4O2.ClH/c1-2-15-13(19)17-9-7-16(8-10-17)12(18)11-3-5-14-6-4-11;/h11,14H,2-10H2,1H3,(H,15,19);1H. The summed E-state index contributed by atoms with van der Waals surface area (Å²) in [6, 6.07) is -0.0172. The predicted octanol–water partition coefficient (Wildman–Crippen LogP) is 0.282. The number of nitrogens with zero attached hydrogens (tertiary/aromatic N) is 2. The SMILES string of the molecule is CCNC(=O)N1CCN(C(=O)C2CCNCC2)CC1.Cl. The average molecular weight is 305 g/mol. The molecule has 0 spiro atoms. The van der Waals surface area contributed by atoms with Crippen molar-refractivity contribution < 1.29 is 9.59 Å². The van der Waals surface area contributed by atoms with Crippen molar-refractivity contribution in [2.24, 2.45) is 5.92 Å². The van der Waals surface area contributed by atoms with E-state index in [0.29, 0.717) is 32.7 Å². The number of halogens is 1. The monoisotopic (exact) mass is 304 g/mol. The molecule has 2 fully saturated rings. The lowest BCUT2D eigenvalue weighted by Gasteiger charge is -2.37. The summed E-state index contributed by atoms with van der Waals surface area (Å²) in [7, 11) is 0. The maximum atomic E-state index is 12.3. The maximum Gasteiger partial charge on any atom is 0.317 e. The van der Waals surface area contributed by atoms with Crippen LogP contribution < -0.4 is 10.6 Å². The van der Waals surface area contributed by atoms with Gasteiger partial charge < -0.3 is 20.4 Å². The molecule has 7 heteroatoms. The summed E-state index contributed by atoms with van der Waals surface area (Å²) in [5, 5.41) is 6.07. The molecule has 0 bridgehead atoms. The van der Waals surface area contributed by atoms with Gasteiger partial charge >= 0.3 is 6.03 Å². The number of nitrogens with one attached hydrogen (secondary N) is 2. The Hall–Kier alpha value is -1.01. The molecule has 116 valence electrons. The minimum absolute atomic E-state index is 0. The number of amides is 3. The van der Waals surface area contributed by atoms with Gasteiger partial charge in [-0.1, -0.05) is 0 Å². The van der Waals surface area contributed by atoms with E-state index in [1.807, 2.05) is 11.8 Å². The average Bonchev–Trinajstić information content (AvgIpc) is 2.48. The summed E-state index contributed by atoms with van der Waals surface area (Å²) < 4.78 is 0. The van der Waals surface area contributed by atoms with Crippen LogP contribution in [-0.2, 0) is 4.79 Å². The summed E-state index contributed by atoms with van der Waals surface area (Å²) in [5.41, 5.74) is 0. The van der Waals surface area contributed by atoms with Crippen LogP contribution in [0.15, 0.2) is 0 Å². The molecule has 3 amide bonds. The molecule has 0 atom stereocenters. The van der Waals surface area contributed by atoms with Crippen LogP contribution in [-0.4, -0.2) is 67.6 Å². The number of piperidine rings is 1. The van der Waals surface area contributed by atoms with Gasteiger partial charge in [0.25, 0.3) is 0 Å². The zero-order valence-corrected chi connectivity index (χ0v) is 12.9. The van der Waals surface area contributed by atoms with Crippen molar-refractivity contribution in [3.05, 3.63) is 0 Å². The minimum atomic E-state index is -0.0172. The van der Waals surface area contributed by atoms with Gasteiger partial charge in [0.15, 0.2) is 0 Å². The molecule has 6 nitrogen and oxygen atoms in total. The number of hydrogen-bond acceptors (Lipinski definition) is 3. The second-order valence-electron chi connectivity index (χ2n) is 5.17. The van der Waals surface area contributed by atoms with E-state index in [1.54, 1.807) is 4.90 Å². The zero-order valence-electron chi connectivity index (χ0n) is 12.1. The molecule has 2 aliphatic rings. The molecular formula is C13H25ClN4O2. The van der Waals surface area contributed by atoms with Gasteiger partial charge in [0.1, 0.15) is 0 Å². The highest BCUT2D eigenvalue weighted by atomic mass is 35.5. The van der Waals surface area contributed by atoms with E-state index < -0.39 is 0 Å². The zero-order chi connectivity index (χ0) is 13.7. The van der Waals surface area contributed by atoms with E-state index in [2.05, 4.69) is 10.6 Å². The van der Waals surface area contributed by atoms with E-state index >= 15 is 0 Å². The predicted molar refractivity (Wildman–Crippen MR) is 80.1 cm³/mol. The smallest absolute Gasteiger partial charge is 0.317 e. The van der Waals surface area contributed by atoms with Crippen molar-refractivity contribution in [1.29, 1.82) is 0 Å². The van der Waals surface area contributed by atoms with Crippen LogP contribution in [0.4, 0.5) is 4.79 Å². The molecular weight excluding hydrogens is 280 g/mol. The molecule has 0 aromatic rings. The molecule has 0 unspecified atom stereocenters. The van der Waals surface area contributed by atoms with Gasteiger partial charge in [-0.25, -0.2) is 4.79 Å². The Labute approximate surface area is 126 Å². The maximum absolute atomic E-state index is 12.3. The van der Waals surface area contributed by atoms with Crippen molar-refractivity contribution in [2.75, 3.05) is 45.8 Å². The highest BCUT2D eigenvalue weighted by Gasteiger charge is 2.29. The van der Waals surface area contributed by atoms with Crippen LogP contribution in [0.2, 0.25) is 0 Å². The first-order chi connectivity index (χ1) is 9.22. The summed E-state index contributed by atoms with van der Waals surface area (Å²) in [6.07, 6.45) is 1.88. The van der Waals surface area contributed by atoms with Gasteiger partial charge in [0.05, 0.1) is 0 Å². The highest BCUT2D eigenvalue weighted by Crippen LogP contribution is 2.16. The van der Waals surface area contributed by atoms with Gasteiger partial charge in [-0.05, 0) is 32.9 Å². The van der Waals surface area contributed by atoms with Gasteiger partial charge in [-0.15, -0.1) is 12.4 Å². The van der Waals surface area contributed by atoms with Crippen LogP contribution in [0.5, 0.6) is 0 Å². The van der Waals surface area contributed by atoms with Crippen molar-refractivity contribution in [2.45, 2.75) is 19.8 Å². The fraction of sp³-hybridized carbons (Fsp3) is 0.846. The van der Waals surface area contributed by atoms with Crippen molar-refractivity contribution >= 4 is 24.3 Å². The summed E-state index contributed by atoms with van der Waals surface area (Å²) in [6.45, 7) is 7.05. The second-order valence-corrected chi connectivity index (χ2v) is 5.17. The Morgan fingerprint density at radius 3 is 2.20 bits per heavy atom. The highest BCUT2D eigenvalue weighted by molar-refractivity contribution is 5.85. The number of hydrogen-bond donors (Lipinski definition) is 2. The van der Waals surface area contributed by atoms with E-state index in [1.165, 1.54) is 0 Å². The number of carbonyl (C=O) groups excluding carboxylic acids is 2. The molecule has 2 rings (SSSR count). The topological polar surface area (TPSA) is 64.7 Å². The lowest BCUT2D eigenvalue weighted by molar-refractivity contribution is -0.137. The van der Waals surface area contributed by atoms with Gasteiger partial charge in [-0.2, -0.15) is 0 Å². The van der Waals surface area contributed by atoms with Gasteiger partial charge in [-0.3, -0.25) is 4.79 Å². The molecule has 2 aliphatic heterocycles. The van der Waals surface area contributed by atoms with Crippen LogP contribution in [0, 0.1) is 5.92 Å². The Kier molecular flexibility index (Phi) is 7.09. The number of piperazine rings is 1. The van der Waals surface area contributed by atoms with E-state index in [4.69, 9.17) is 0 Å². The fourth-order valence-corrected chi connectivity index (χ4v) is 2.72. The summed E-state index contributed by atoms with van der Waals surface area (Å²) in [5.74, 6) is 0.453. The molecule has 2 heterocycles. The molecule has 2 N–H and O–H groups in total. The Morgan fingerprint density at radius 2 is 1.65 bits per heavy atom. The van der Waals surface area contributed by atoms with E-state index in [0.717, 1.165) is 25.9 Å². The van der Waals surface area contributed by atoms with Crippen molar-refractivity contribution in [3.63, 3.8) is 0 Å². The Morgan fingerprint density at radius 1 is 1.10 bits per heavy atom. The van der Waals surface area contributed by atoms with Gasteiger partial charge in [0.2, 0.25) is 5.91 Å². The van der Waals surface area contributed by atoms with Gasteiger partial charge in [0, 0.05) is 38.6 Å². The first-order valence-electron chi connectivity index (χ1n) is 7.24. The van der Waals surface area contributed by atoms with Crippen LogP contribution >= 0.6 is 12.4 Å². The quantitative estimate of drug-likeness (QED) is 0.770. The number of rotatable bonds is 2. The lowest BCUT2D eigenvalue weighted by Crippen LogP contribution is -2.54. The van der Waals surface area contributed by atoms with Crippen LogP contribution in [0.3, 0.4) is 0 Å². The van der Waals surface area contributed by atoms with Crippen LogP contribution in [0.25, 0.3) is 0 Å². The van der Waals surface area contributed by atoms with Crippen molar-refractivity contribution in [1.82, 2.24) is 20.4 Å². The summed E-state index contributed by atoms with van der Waals surface area (Å²) in [4.78, 5) is 27.7. The molecule has 0 aromatic heterocycles. The lowest BCUT2D eigenvalue weighted by atomic mass is 9.96. The number of carbonyl (C=O) groups is 2. The molecule has 0 aromatic carbocycles. The van der Waals surface area contributed by atoms with Crippen LogP contribution in [0.1, 0.15) is 19.8 Å². The van der Waals surface area contributed by atoms with E-state index in [9.17, 15) is 9.59 Å². The second kappa shape index (κ2) is 8.32. The normalized spacial score (nSPS) is 20.2. The third-order valence-electron chi connectivity index (χ3n) is 3.89. The fourth-order valence-electron chi connectivity index (χ4n) is 2.72.